The lowest BCUT2D eigenvalue weighted by atomic mass is 10.2. The molecule has 24 heavy (non-hydrogen) atoms. The number of para-hydroxylation sites is 1. The Balaban J connectivity index is 1.91. The van der Waals surface area contributed by atoms with Gasteiger partial charge in [0.25, 0.3) is 5.56 Å². The number of esters is 1. The Labute approximate surface area is 153 Å². The van der Waals surface area contributed by atoms with E-state index in [1.165, 1.54) is 23.4 Å². The summed E-state index contributed by atoms with van der Waals surface area (Å²) in [7, 11) is 1.33. The zero-order valence-corrected chi connectivity index (χ0v) is 15.3. The summed E-state index contributed by atoms with van der Waals surface area (Å²) in [4.78, 5) is 28.8. The van der Waals surface area contributed by atoms with Crippen LogP contribution in [0.1, 0.15) is 12.8 Å². The molecule has 0 N–H and O–H groups in total. The van der Waals surface area contributed by atoms with Crippen LogP contribution in [0.15, 0.2) is 34.2 Å². The lowest BCUT2D eigenvalue weighted by Gasteiger charge is -2.12. The highest BCUT2D eigenvalue weighted by molar-refractivity contribution is 7.99. The second kappa shape index (κ2) is 6.94. The van der Waals surface area contributed by atoms with Crippen molar-refractivity contribution in [1.29, 1.82) is 0 Å². The first-order valence-corrected chi connectivity index (χ1v) is 9.23. The van der Waals surface area contributed by atoms with E-state index in [0.717, 1.165) is 6.42 Å². The van der Waals surface area contributed by atoms with E-state index in [2.05, 4.69) is 9.72 Å². The fourth-order valence-corrected chi connectivity index (χ4v) is 4.34. The highest BCUT2D eigenvalue weighted by atomic mass is 35.5. The van der Waals surface area contributed by atoms with Gasteiger partial charge in [-0.05, 0) is 18.6 Å². The second-order valence-corrected chi connectivity index (χ2v) is 8.20. The van der Waals surface area contributed by atoms with E-state index >= 15 is 0 Å². The number of halogens is 2. The van der Waals surface area contributed by atoms with Crippen molar-refractivity contribution in [1.82, 2.24) is 9.55 Å². The number of nitrogens with zero attached hydrogens (tertiary/aromatic N) is 2. The summed E-state index contributed by atoms with van der Waals surface area (Å²) in [5.74, 6) is 0.493. The molecule has 128 valence electrons. The van der Waals surface area contributed by atoms with Crippen LogP contribution in [-0.4, -0.2) is 32.7 Å². The molecule has 0 bridgehead atoms. The lowest BCUT2D eigenvalue weighted by Crippen LogP contribution is -2.25. The minimum Gasteiger partial charge on any atom is -0.469 e. The summed E-state index contributed by atoms with van der Waals surface area (Å²) in [6.45, 7) is 0.225. The topological polar surface area (TPSA) is 61.2 Å². The van der Waals surface area contributed by atoms with Gasteiger partial charge in [-0.25, -0.2) is 4.98 Å². The Morgan fingerprint density at radius 3 is 2.83 bits per heavy atom. The van der Waals surface area contributed by atoms with E-state index in [9.17, 15) is 9.59 Å². The summed E-state index contributed by atoms with van der Waals surface area (Å²) in [6, 6.07) is 7.17. The van der Waals surface area contributed by atoms with Gasteiger partial charge in [0.2, 0.25) is 0 Å². The smallest absolute Gasteiger partial charge is 0.307 e. The fraction of sp³-hybridized carbons (Fsp3) is 0.438. The zero-order valence-electron chi connectivity index (χ0n) is 13.0. The van der Waals surface area contributed by atoms with Gasteiger partial charge in [-0.3, -0.25) is 14.2 Å². The van der Waals surface area contributed by atoms with Crippen LogP contribution >= 0.6 is 35.0 Å². The normalized spacial score (nSPS) is 18.5. The molecule has 3 rings (SSSR count). The lowest BCUT2D eigenvalue weighted by molar-refractivity contribution is -0.140. The van der Waals surface area contributed by atoms with Gasteiger partial charge in [-0.2, -0.15) is 0 Å². The van der Waals surface area contributed by atoms with E-state index < -0.39 is 4.33 Å². The molecule has 1 aromatic heterocycles. The number of hydrogen-bond donors (Lipinski definition) is 0. The van der Waals surface area contributed by atoms with Crippen molar-refractivity contribution < 1.29 is 9.53 Å². The van der Waals surface area contributed by atoms with Crippen LogP contribution in [0, 0.1) is 5.92 Å². The third kappa shape index (κ3) is 3.71. The number of rotatable bonds is 6. The first-order valence-electron chi connectivity index (χ1n) is 7.49. The summed E-state index contributed by atoms with van der Waals surface area (Å²) >= 11 is 13.6. The number of hydrogen-bond acceptors (Lipinski definition) is 5. The van der Waals surface area contributed by atoms with Crippen molar-refractivity contribution in [3.05, 3.63) is 34.6 Å². The summed E-state index contributed by atoms with van der Waals surface area (Å²) in [6.07, 6.45) is 0.853. The van der Waals surface area contributed by atoms with Crippen molar-refractivity contribution in [3.8, 4) is 0 Å². The van der Waals surface area contributed by atoms with Crippen molar-refractivity contribution in [3.63, 3.8) is 0 Å². The monoisotopic (exact) mass is 386 g/mol. The Morgan fingerprint density at radius 2 is 2.17 bits per heavy atom. The van der Waals surface area contributed by atoms with E-state index in [4.69, 9.17) is 23.2 Å². The minimum atomic E-state index is -0.666. The molecule has 1 aromatic carbocycles. The standard InChI is InChI=1S/C16H16Cl2N2O3S/c1-23-13(21)6-7-20-14(22)11-4-2-3-5-12(11)19-15(20)24-9-10-8-16(10,17)18/h2-5,10H,6-9H2,1H3/t10-/m0/s1. The zero-order chi connectivity index (χ0) is 17.3. The molecule has 0 aliphatic heterocycles. The van der Waals surface area contributed by atoms with Gasteiger partial charge < -0.3 is 4.74 Å². The van der Waals surface area contributed by atoms with Crippen LogP contribution in [0.4, 0.5) is 0 Å². The predicted molar refractivity (Wildman–Crippen MR) is 95.9 cm³/mol. The molecule has 1 atom stereocenters. The highest BCUT2D eigenvalue weighted by Gasteiger charge is 2.51. The number of alkyl halides is 2. The molecule has 0 spiro atoms. The Morgan fingerprint density at radius 1 is 1.46 bits per heavy atom. The summed E-state index contributed by atoms with van der Waals surface area (Å²) < 4.78 is 5.52. The molecule has 0 unspecified atom stereocenters. The Bertz CT molecular complexity index is 838. The number of methoxy groups -OCH3 is 1. The maximum absolute atomic E-state index is 12.7. The summed E-state index contributed by atoms with van der Waals surface area (Å²) in [5.41, 5.74) is 0.476. The number of carbonyl (C=O) groups is 1. The average Bonchev–Trinajstić information content (AvgIpc) is 3.19. The molecule has 0 saturated heterocycles. The number of thioether (sulfide) groups is 1. The van der Waals surface area contributed by atoms with Crippen molar-refractivity contribution in [2.24, 2.45) is 5.92 Å². The number of benzene rings is 1. The molecule has 1 fully saturated rings. The molecule has 2 aromatic rings. The first-order chi connectivity index (χ1) is 11.4. The SMILES string of the molecule is COC(=O)CCn1c(SC[C@@H]2CC2(Cl)Cl)nc2ccccc2c1=O. The van der Waals surface area contributed by atoms with E-state index in [1.54, 1.807) is 18.2 Å². The van der Waals surface area contributed by atoms with E-state index in [-0.39, 0.29) is 30.4 Å². The van der Waals surface area contributed by atoms with Gasteiger partial charge >= 0.3 is 5.97 Å². The molecule has 1 saturated carbocycles. The van der Waals surface area contributed by atoms with Gasteiger partial charge in [-0.1, -0.05) is 23.9 Å². The van der Waals surface area contributed by atoms with Gasteiger partial charge in [0, 0.05) is 18.2 Å². The minimum absolute atomic E-state index is 0.113. The molecule has 1 aliphatic carbocycles. The Hall–Kier alpha value is -1.24. The predicted octanol–water partition coefficient (Wildman–Crippen LogP) is 3.25. The first kappa shape index (κ1) is 17.6. The molecule has 8 heteroatoms. The third-order valence-electron chi connectivity index (χ3n) is 3.96. The fourth-order valence-electron chi connectivity index (χ4n) is 2.39. The highest BCUT2D eigenvalue weighted by Crippen LogP contribution is 2.54. The third-order valence-corrected chi connectivity index (χ3v) is 6.03. The van der Waals surface area contributed by atoms with E-state index in [1.807, 2.05) is 6.07 Å². The number of fused-ring (bicyclic) bond motifs is 1. The number of carbonyl (C=O) groups excluding carboxylic acids is 1. The van der Waals surface area contributed by atoms with Crippen LogP contribution in [0.2, 0.25) is 0 Å². The van der Waals surface area contributed by atoms with Crippen LogP contribution in [0.3, 0.4) is 0 Å². The van der Waals surface area contributed by atoms with Crippen molar-refractivity contribution in [2.45, 2.75) is 28.9 Å². The average molecular weight is 387 g/mol. The number of ether oxygens (including phenoxy) is 1. The van der Waals surface area contributed by atoms with Crippen molar-refractivity contribution in [2.75, 3.05) is 12.9 Å². The van der Waals surface area contributed by atoms with E-state index in [0.29, 0.717) is 21.8 Å². The number of aromatic nitrogens is 2. The maximum Gasteiger partial charge on any atom is 0.307 e. The van der Waals surface area contributed by atoms with Gasteiger partial charge in [-0.15, -0.1) is 23.2 Å². The maximum atomic E-state index is 12.7. The van der Waals surface area contributed by atoms with Gasteiger partial charge in [0.05, 0.1) is 24.4 Å². The van der Waals surface area contributed by atoms with Gasteiger partial charge in [0.1, 0.15) is 4.33 Å². The molecule has 0 amide bonds. The molecule has 0 radical (unpaired) electrons. The molecule has 5 nitrogen and oxygen atoms in total. The molecule has 1 aliphatic rings. The Kier molecular flexibility index (Phi) is 5.08. The van der Waals surface area contributed by atoms with Gasteiger partial charge in [0.15, 0.2) is 5.16 Å². The van der Waals surface area contributed by atoms with Crippen molar-refractivity contribution >= 4 is 51.8 Å². The summed E-state index contributed by atoms with van der Waals surface area (Å²) in [5, 5.41) is 1.10. The molecular formula is C16H16Cl2N2O3S. The molecule has 1 heterocycles. The molecular weight excluding hydrogens is 371 g/mol. The van der Waals surface area contributed by atoms with Crippen LogP contribution in [-0.2, 0) is 16.1 Å². The van der Waals surface area contributed by atoms with Crippen LogP contribution in [0.5, 0.6) is 0 Å². The van der Waals surface area contributed by atoms with Crippen LogP contribution < -0.4 is 5.56 Å². The van der Waals surface area contributed by atoms with Crippen LogP contribution in [0.25, 0.3) is 10.9 Å². The quantitative estimate of drug-likeness (QED) is 0.330. The second-order valence-electron chi connectivity index (χ2n) is 5.67. The largest absolute Gasteiger partial charge is 0.469 e.